The van der Waals surface area contributed by atoms with Gasteiger partial charge in [-0.25, -0.2) is 4.21 Å². The van der Waals surface area contributed by atoms with Crippen LogP contribution in [0.2, 0.25) is 5.02 Å². The number of rotatable bonds is 2. The molecule has 88 valence electrons. The van der Waals surface area contributed by atoms with E-state index in [1.807, 2.05) is 0 Å². The van der Waals surface area contributed by atoms with E-state index < -0.39 is 32.1 Å². The van der Waals surface area contributed by atoms with Crippen molar-refractivity contribution >= 4 is 28.3 Å². The second kappa shape index (κ2) is 4.42. The first-order chi connectivity index (χ1) is 7.23. The number of primary amides is 1. The average Bonchev–Trinajstić information content (AvgIpc) is 2.15. The zero-order valence-electron chi connectivity index (χ0n) is 7.55. The van der Waals surface area contributed by atoms with E-state index in [1.54, 1.807) is 0 Å². The van der Waals surface area contributed by atoms with Crippen LogP contribution < -0.4 is 5.73 Å². The van der Waals surface area contributed by atoms with Crippen molar-refractivity contribution in [1.82, 2.24) is 0 Å². The van der Waals surface area contributed by atoms with Crippen LogP contribution in [0.15, 0.2) is 23.1 Å². The van der Waals surface area contributed by atoms with Gasteiger partial charge >= 0.3 is 5.51 Å². The summed E-state index contributed by atoms with van der Waals surface area (Å²) >= 11 is 5.47. The molecule has 0 radical (unpaired) electrons. The molecular formula is C8H5ClF3NO2S. The Hall–Kier alpha value is -1.08. The zero-order chi connectivity index (χ0) is 12.5. The minimum absolute atomic E-state index is 0.0482. The lowest BCUT2D eigenvalue weighted by Crippen LogP contribution is -2.17. The first kappa shape index (κ1) is 13.0. The van der Waals surface area contributed by atoms with Crippen LogP contribution in [0.25, 0.3) is 0 Å². The molecule has 2 N–H and O–H groups in total. The van der Waals surface area contributed by atoms with Gasteiger partial charge in [0, 0.05) is 5.56 Å². The summed E-state index contributed by atoms with van der Waals surface area (Å²) in [7, 11) is -3.22. The van der Waals surface area contributed by atoms with E-state index >= 15 is 0 Å². The Kier molecular flexibility index (Phi) is 3.59. The smallest absolute Gasteiger partial charge is 0.366 e. The molecule has 1 aromatic rings. The van der Waals surface area contributed by atoms with Crippen molar-refractivity contribution in [1.29, 1.82) is 0 Å². The molecule has 0 saturated carbocycles. The number of amides is 1. The van der Waals surface area contributed by atoms with Crippen LogP contribution in [0, 0.1) is 0 Å². The van der Waals surface area contributed by atoms with Crippen molar-refractivity contribution in [2.24, 2.45) is 5.73 Å². The average molecular weight is 272 g/mol. The van der Waals surface area contributed by atoms with Gasteiger partial charge in [-0.15, -0.1) is 0 Å². The van der Waals surface area contributed by atoms with Crippen LogP contribution in [0.4, 0.5) is 13.2 Å². The maximum Gasteiger partial charge on any atom is 0.475 e. The third-order valence-electron chi connectivity index (χ3n) is 1.63. The predicted octanol–water partition coefficient (Wildman–Crippen LogP) is 2.07. The van der Waals surface area contributed by atoms with E-state index in [9.17, 15) is 22.2 Å². The predicted molar refractivity (Wildman–Crippen MR) is 52.4 cm³/mol. The van der Waals surface area contributed by atoms with E-state index in [-0.39, 0.29) is 5.56 Å². The van der Waals surface area contributed by atoms with E-state index in [0.717, 1.165) is 18.2 Å². The van der Waals surface area contributed by atoms with Gasteiger partial charge in [0.25, 0.3) is 0 Å². The van der Waals surface area contributed by atoms with Crippen molar-refractivity contribution < 1.29 is 22.2 Å². The molecule has 0 saturated heterocycles. The Morgan fingerprint density at radius 3 is 2.31 bits per heavy atom. The summed E-state index contributed by atoms with van der Waals surface area (Å²) in [6.07, 6.45) is 0. The van der Waals surface area contributed by atoms with Crippen LogP contribution >= 0.6 is 11.6 Å². The summed E-state index contributed by atoms with van der Waals surface area (Å²) in [5, 5.41) is -0.410. The Labute approximate surface area is 95.8 Å². The number of hydrogen-bond donors (Lipinski definition) is 1. The van der Waals surface area contributed by atoms with E-state index in [0.29, 0.717) is 0 Å². The minimum Gasteiger partial charge on any atom is -0.366 e. The number of carbonyl (C=O) groups excluding carboxylic acids is 1. The summed E-state index contributed by atoms with van der Waals surface area (Å²) in [5.41, 5.74) is -0.0403. The second-order valence-corrected chi connectivity index (χ2v) is 4.57. The number of benzene rings is 1. The summed E-state index contributed by atoms with van der Waals surface area (Å²) in [6, 6.07) is 2.85. The maximum absolute atomic E-state index is 12.1. The SMILES string of the molecule is NC(=O)c1ccc(S(=O)C(F)(F)F)c(Cl)c1. The van der Waals surface area contributed by atoms with Gasteiger partial charge in [-0.2, -0.15) is 13.2 Å². The number of carbonyl (C=O) groups is 1. The van der Waals surface area contributed by atoms with Gasteiger partial charge in [-0.1, -0.05) is 11.6 Å². The van der Waals surface area contributed by atoms with Crippen molar-refractivity contribution in [3.05, 3.63) is 28.8 Å². The number of halogens is 4. The summed E-state index contributed by atoms with van der Waals surface area (Å²) in [4.78, 5) is 10.1. The molecule has 0 bridgehead atoms. The first-order valence-electron chi connectivity index (χ1n) is 3.81. The van der Waals surface area contributed by atoms with E-state index in [1.165, 1.54) is 0 Å². The molecule has 0 heterocycles. The number of hydrogen-bond acceptors (Lipinski definition) is 2. The normalized spacial score (nSPS) is 13.5. The van der Waals surface area contributed by atoms with Gasteiger partial charge in [-0.05, 0) is 18.2 Å². The molecule has 8 heteroatoms. The van der Waals surface area contributed by atoms with Gasteiger partial charge in [0.05, 0.1) is 9.92 Å². The molecule has 0 aliphatic heterocycles. The monoisotopic (exact) mass is 271 g/mol. The highest BCUT2D eigenvalue weighted by Crippen LogP contribution is 2.31. The third kappa shape index (κ3) is 2.73. The fraction of sp³-hybridized carbons (Fsp3) is 0.125. The molecule has 16 heavy (non-hydrogen) atoms. The van der Waals surface area contributed by atoms with Crippen LogP contribution in [-0.2, 0) is 10.8 Å². The third-order valence-corrected chi connectivity index (χ3v) is 3.23. The van der Waals surface area contributed by atoms with Crippen LogP contribution in [0.3, 0.4) is 0 Å². The molecule has 0 spiro atoms. The maximum atomic E-state index is 12.1. The lowest BCUT2D eigenvalue weighted by molar-refractivity contribution is -0.0384. The Morgan fingerprint density at radius 2 is 1.94 bits per heavy atom. The molecule has 0 aliphatic carbocycles. The Balaban J connectivity index is 3.19. The fourth-order valence-corrected chi connectivity index (χ4v) is 2.00. The molecule has 0 aromatic heterocycles. The van der Waals surface area contributed by atoms with Crippen LogP contribution in [0.1, 0.15) is 10.4 Å². The Bertz CT molecular complexity index is 461. The van der Waals surface area contributed by atoms with E-state index in [4.69, 9.17) is 17.3 Å². The molecule has 1 amide bonds. The van der Waals surface area contributed by atoms with Gasteiger partial charge in [0.15, 0.2) is 10.8 Å². The summed E-state index contributed by atoms with van der Waals surface area (Å²) in [5.74, 6) is -0.828. The van der Waals surface area contributed by atoms with Crippen molar-refractivity contribution in [3.63, 3.8) is 0 Å². The molecule has 1 unspecified atom stereocenters. The highest BCUT2D eigenvalue weighted by Gasteiger charge is 2.39. The summed E-state index contributed by atoms with van der Waals surface area (Å²) < 4.78 is 47.3. The van der Waals surface area contributed by atoms with Crippen LogP contribution in [-0.4, -0.2) is 15.6 Å². The topological polar surface area (TPSA) is 60.2 Å². The lowest BCUT2D eigenvalue weighted by atomic mass is 10.2. The minimum atomic E-state index is -4.89. The van der Waals surface area contributed by atoms with Crippen LogP contribution in [0.5, 0.6) is 0 Å². The molecule has 3 nitrogen and oxygen atoms in total. The number of alkyl halides is 3. The Morgan fingerprint density at radius 1 is 1.38 bits per heavy atom. The van der Waals surface area contributed by atoms with Crippen molar-refractivity contribution in [3.8, 4) is 0 Å². The van der Waals surface area contributed by atoms with Gasteiger partial charge < -0.3 is 5.73 Å². The molecule has 1 atom stereocenters. The molecule has 1 aromatic carbocycles. The lowest BCUT2D eigenvalue weighted by Gasteiger charge is -2.08. The highest BCUT2D eigenvalue weighted by atomic mass is 35.5. The molecular weight excluding hydrogens is 267 g/mol. The van der Waals surface area contributed by atoms with E-state index in [2.05, 4.69) is 0 Å². The highest BCUT2D eigenvalue weighted by molar-refractivity contribution is 7.86. The standard InChI is InChI=1S/C8H5ClF3NO2S/c9-5-3-4(7(13)14)1-2-6(5)16(15)8(10,11)12/h1-3H,(H2,13,14). The quantitative estimate of drug-likeness (QED) is 0.895. The second-order valence-electron chi connectivity index (χ2n) is 2.72. The van der Waals surface area contributed by atoms with Gasteiger partial charge in [0.1, 0.15) is 0 Å². The van der Waals surface area contributed by atoms with Crippen molar-refractivity contribution in [2.75, 3.05) is 0 Å². The first-order valence-corrected chi connectivity index (χ1v) is 5.34. The number of nitrogens with two attached hydrogens (primary N) is 1. The van der Waals surface area contributed by atoms with Gasteiger partial charge in [-0.3, -0.25) is 4.79 Å². The largest absolute Gasteiger partial charge is 0.475 e. The van der Waals surface area contributed by atoms with Gasteiger partial charge in [0.2, 0.25) is 5.91 Å². The molecule has 1 rings (SSSR count). The fourth-order valence-electron chi connectivity index (χ4n) is 0.929. The van der Waals surface area contributed by atoms with Crippen molar-refractivity contribution in [2.45, 2.75) is 10.4 Å². The summed E-state index contributed by atoms with van der Waals surface area (Å²) in [6.45, 7) is 0. The zero-order valence-corrected chi connectivity index (χ0v) is 9.12. The molecule has 0 fully saturated rings. The molecule has 0 aliphatic rings.